The van der Waals surface area contributed by atoms with Crippen LogP contribution in [0.1, 0.15) is 45.4 Å². The van der Waals surface area contributed by atoms with Crippen molar-refractivity contribution in [1.29, 1.82) is 0 Å². The minimum atomic E-state index is -0.334. The zero-order chi connectivity index (χ0) is 9.90. The summed E-state index contributed by atoms with van der Waals surface area (Å²) >= 11 is 8.42. The first-order valence-electron chi connectivity index (χ1n) is 5.16. The predicted molar refractivity (Wildman–Crippen MR) is 63.6 cm³/mol. The minimum Gasteiger partial charge on any atom is -0.391 e. The maximum absolute atomic E-state index is 9.97. The predicted octanol–water partition coefficient (Wildman–Crippen LogP) is 2.89. The van der Waals surface area contributed by atoms with E-state index in [9.17, 15) is 5.11 Å². The Labute approximate surface area is 92.1 Å². The molecule has 1 N–H and O–H groups in total. The Bertz CT molecular complexity index is 155. The molecule has 13 heavy (non-hydrogen) atoms. The Balaban J connectivity index is 2.48. The van der Waals surface area contributed by atoms with Gasteiger partial charge in [-0.2, -0.15) is 25.3 Å². The van der Waals surface area contributed by atoms with Crippen molar-refractivity contribution in [2.24, 2.45) is 5.41 Å². The smallest absolute Gasteiger partial charge is 0.0801 e. The molecule has 1 atom stereocenters. The second-order valence-corrected chi connectivity index (χ2v) is 5.70. The number of hydrogen-bond donors (Lipinski definition) is 3. The van der Waals surface area contributed by atoms with Crippen molar-refractivity contribution in [3.63, 3.8) is 0 Å². The van der Waals surface area contributed by atoms with Gasteiger partial charge in [-0.3, -0.25) is 0 Å². The van der Waals surface area contributed by atoms with E-state index < -0.39 is 0 Å². The summed E-state index contributed by atoms with van der Waals surface area (Å²) < 4.78 is -0.183. The summed E-state index contributed by atoms with van der Waals surface area (Å²) in [5.41, 5.74) is 0.157. The molecule has 1 nitrogen and oxygen atoms in total. The van der Waals surface area contributed by atoms with Gasteiger partial charge < -0.3 is 5.11 Å². The molecule has 1 rings (SSSR count). The second kappa shape index (κ2) is 4.94. The molecule has 0 aliphatic heterocycles. The van der Waals surface area contributed by atoms with Crippen LogP contribution in [0.3, 0.4) is 0 Å². The summed E-state index contributed by atoms with van der Waals surface area (Å²) in [6, 6.07) is 0. The van der Waals surface area contributed by atoms with Gasteiger partial charge in [-0.1, -0.05) is 26.2 Å². The topological polar surface area (TPSA) is 20.2 Å². The largest absolute Gasteiger partial charge is 0.391 e. The molecule has 0 spiro atoms. The van der Waals surface area contributed by atoms with Gasteiger partial charge in [0.15, 0.2) is 0 Å². The fourth-order valence-corrected chi connectivity index (χ4v) is 2.80. The van der Waals surface area contributed by atoms with Crippen LogP contribution in [-0.2, 0) is 0 Å². The van der Waals surface area contributed by atoms with Crippen LogP contribution >= 0.6 is 25.3 Å². The van der Waals surface area contributed by atoms with Crippen molar-refractivity contribution >= 4 is 25.3 Å². The maximum Gasteiger partial charge on any atom is 0.0801 e. The van der Waals surface area contributed by atoms with Crippen molar-refractivity contribution in [3.05, 3.63) is 0 Å². The highest BCUT2D eigenvalue weighted by atomic mass is 32.2. The molecule has 0 aromatic rings. The van der Waals surface area contributed by atoms with E-state index in [0.29, 0.717) is 0 Å². The van der Waals surface area contributed by atoms with E-state index in [-0.39, 0.29) is 16.1 Å². The highest BCUT2D eigenvalue weighted by Crippen LogP contribution is 2.49. The molecule has 0 heterocycles. The lowest BCUT2D eigenvalue weighted by molar-refractivity contribution is -0.0321. The number of thiol groups is 2. The molecule has 1 aliphatic rings. The van der Waals surface area contributed by atoms with Crippen LogP contribution < -0.4 is 0 Å². The van der Waals surface area contributed by atoms with Crippen LogP contribution in [0.4, 0.5) is 0 Å². The lowest BCUT2D eigenvalue weighted by atomic mass is 9.63. The van der Waals surface area contributed by atoms with Gasteiger partial charge in [0.2, 0.25) is 0 Å². The molecule has 0 amide bonds. The minimum absolute atomic E-state index is 0.157. The van der Waals surface area contributed by atoms with Gasteiger partial charge in [-0.15, -0.1) is 0 Å². The van der Waals surface area contributed by atoms with Crippen molar-refractivity contribution in [1.82, 2.24) is 0 Å². The third-order valence-electron chi connectivity index (χ3n) is 3.29. The molecule has 1 unspecified atom stereocenters. The quantitative estimate of drug-likeness (QED) is 0.481. The van der Waals surface area contributed by atoms with Gasteiger partial charge in [-0.05, 0) is 24.7 Å². The lowest BCUT2D eigenvalue weighted by Gasteiger charge is -2.46. The Kier molecular flexibility index (Phi) is 4.46. The second-order valence-electron chi connectivity index (χ2n) is 4.18. The zero-order valence-electron chi connectivity index (χ0n) is 8.24. The number of hydrogen-bond acceptors (Lipinski definition) is 3. The van der Waals surface area contributed by atoms with E-state index in [1.54, 1.807) is 0 Å². The average Bonchev–Trinajstić information content (AvgIpc) is 2.02. The molecule has 1 aliphatic carbocycles. The average molecular weight is 220 g/mol. The summed E-state index contributed by atoms with van der Waals surface area (Å²) in [5, 5.41) is 9.97. The van der Waals surface area contributed by atoms with E-state index in [0.717, 1.165) is 19.3 Å². The van der Waals surface area contributed by atoms with Crippen molar-refractivity contribution in [2.75, 3.05) is 0 Å². The summed E-state index contributed by atoms with van der Waals surface area (Å²) in [4.78, 5) is 0. The first kappa shape index (κ1) is 11.7. The van der Waals surface area contributed by atoms with Crippen LogP contribution in [0.15, 0.2) is 0 Å². The number of aliphatic hydroxyl groups excluding tert-OH is 1. The van der Waals surface area contributed by atoms with E-state index in [4.69, 9.17) is 0 Å². The van der Waals surface area contributed by atoms with E-state index >= 15 is 0 Å². The summed E-state index contributed by atoms with van der Waals surface area (Å²) in [7, 11) is 0. The molecule has 0 aromatic heterocycles. The van der Waals surface area contributed by atoms with E-state index in [1.807, 2.05) is 0 Å². The zero-order valence-corrected chi connectivity index (χ0v) is 10.0. The summed E-state index contributed by atoms with van der Waals surface area (Å²) in [6.07, 6.45) is 6.80. The van der Waals surface area contributed by atoms with E-state index in [1.165, 1.54) is 19.3 Å². The Morgan fingerprint density at radius 1 is 1.38 bits per heavy atom. The van der Waals surface area contributed by atoms with Gasteiger partial charge in [0.05, 0.1) is 10.7 Å². The lowest BCUT2D eigenvalue weighted by Crippen LogP contribution is -2.44. The molecular formula is C10H20OS2. The molecule has 1 saturated carbocycles. The molecule has 1 fully saturated rings. The van der Waals surface area contributed by atoms with E-state index in [2.05, 4.69) is 32.2 Å². The van der Waals surface area contributed by atoms with Gasteiger partial charge in [0, 0.05) is 0 Å². The molecule has 3 heteroatoms. The first-order chi connectivity index (χ1) is 6.12. The Morgan fingerprint density at radius 3 is 2.31 bits per heavy atom. The van der Waals surface area contributed by atoms with Gasteiger partial charge in [-0.25, -0.2) is 0 Å². The summed E-state index contributed by atoms with van der Waals surface area (Å²) in [5.74, 6) is 0. The fraction of sp³-hybridized carbons (Fsp3) is 1.00. The maximum atomic E-state index is 9.97. The van der Waals surface area contributed by atoms with Crippen LogP contribution in [0.25, 0.3) is 0 Å². The first-order valence-corrected chi connectivity index (χ1v) is 6.20. The number of unbranched alkanes of at least 4 members (excludes halogenated alkanes) is 1. The van der Waals surface area contributed by atoms with Gasteiger partial charge in [0.1, 0.15) is 0 Å². The molecule has 0 radical (unpaired) electrons. The number of aliphatic hydroxyl groups is 1. The van der Waals surface area contributed by atoms with Gasteiger partial charge >= 0.3 is 0 Å². The molecule has 78 valence electrons. The highest BCUT2D eigenvalue weighted by molar-refractivity contribution is 7.99. The Morgan fingerprint density at radius 2 is 2.00 bits per heavy atom. The molecule has 0 aromatic carbocycles. The highest BCUT2D eigenvalue weighted by Gasteiger charge is 2.44. The Hall–Kier alpha value is 0.660. The molecule has 0 saturated heterocycles. The third kappa shape index (κ3) is 2.57. The van der Waals surface area contributed by atoms with Crippen molar-refractivity contribution < 1.29 is 5.11 Å². The van der Waals surface area contributed by atoms with Crippen molar-refractivity contribution in [2.45, 2.75) is 56.1 Å². The fourth-order valence-electron chi connectivity index (χ4n) is 2.17. The van der Waals surface area contributed by atoms with Crippen LogP contribution in [0.5, 0.6) is 0 Å². The summed E-state index contributed by atoms with van der Waals surface area (Å²) in [6.45, 7) is 2.19. The number of rotatable bonds is 5. The normalized spacial score (nSPS) is 22.8. The monoisotopic (exact) mass is 220 g/mol. The van der Waals surface area contributed by atoms with Crippen LogP contribution in [-0.4, -0.2) is 15.8 Å². The molecule has 0 bridgehead atoms. The standard InChI is InChI=1S/C10H20OS2/c1-2-3-5-10(6-4-7-10)8(11)9(12)13/h8-9,11-13H,2-7H2,1H3. The van der Waals surface area contributed by atoms with Crippen LogP contribution in [0.2, 0.25) is 0 Å². The third-order valence-corrected chi connectivity index (χ3v) is 3.85. The van der Waals surface area contributed by atoms with Crippen molar-refractivity contribution in [3.8, 4) is 0 Å². The van der Waals surface area contributed by atoms with Gasteiger partial charge in [0.25, 0.3) is 0 Å². The SMILES string of the molecule is CCCCC1(C(O)C(S)S)CCC1. The van der Waals surface area contributed by atoms with Crippen LogP contribution in [0, 0.1) is 5.41 Å². The molecular weight excluding hydrogens is 200 g/mol.